The van der Waals surface area contributed by atoms with E-state index < -0.39 is 5.91 Å². The fourth-order valence-electron chi connectivity index (χ4n) is 3.37. The third kappa shape index (κ3) is 4.11. The number of hydrogen-bond donors (Lipinski definition) is 2. The molecule has 0 aliphatic heterocycles. The molecule has 2 N–H and O–H groups in total. The Balaban J connectivity index is 1.46. The minimum atomic E-state index is -0.481. The van der Waals surface area contributed by atoms with Crippen molar-refractivity contribution in [2.24, 2.45) is 5.10 Å². The SMILES string of the molecule is COc1cccc2cc(C(=O)N/N=C\c3cc(C)n(NC(=O)c4ccccc4)c3C)oc12. The Labute approximate surface area is 184 Å². The van der Waals surface area contributed by atoms with E-state index >= 15 is 0 Å². The number of furan rings is 1. The summed E-state index contributed by atoms with van der Waals surface area (Å²) in [7, 11) is 1.54. The van der Waals surface area contributed by atoms with Crippen molar-refractivity contribution in [1.29, 1.82) is 0 Å². The Kier molecular flexibility index (Phi) is 5.76. The van der Waals surface area contributed by atoms with Crippen molar-refractivity contribution in [2.75, 3.05) is 12.5 Å². The maximum atomic E-state index is 12.5. The molecule has 4 aromatic rings. The summed E-state index contributed by atoms with van der Waals surface area (Å²) in [6.45, 7) is 3.73. The van der Waals surface area contributed by atoms with Crippen LogP contribution >= 0.6 is 0 Å². The van der Waals surface area contributed by atoms with Crippen LogP contribution in [0.5, 0.6) is 5.75 Å². The van der Waals surface area contributed by atoms with Crippen molar-refractivity contribution < 1.29 is 18.7 Å². The molecule has 4 rings (SSSR count). The normalized spacial score (nSPS) is 11.1. The van der Waals surface area contributed by atoms with Crippen molar-refractivity contribution in [1.82, 2.24) is 10.1 Å². The maximum absolute atomic E-state index is 12.5. The molecule has 2 amide bonds. The second-order valence-electron chi connectivity index (χ2n) is 7.16. The van der Waals surface area contributed by atoms with Gasteiger partial charge in [0.15, 0.2) is 17.1 Å². The molecule has 0 bridgehead atoms. The number of hydrogen-bond acceptors (Lipinski definition) is 5. The molecule has 0 saturated heterocycles. The Morgan fingerprint density at radius 2 is 1.81 bits per heavy atom. The molecule has 0 radical (unpaired) electrons. The monoisotopic (exact) mass is 430 g/mol. The van der Waals surface area contributed by atoms with Crippen LogP contribution in [0.2, 0.25) is 0 Å². The highest BCUT2D eigenvalue weighted by Gasteiger charge is 2.15. The van der Waals surface area contributed by atoms with E-state index in [-0.39, 0.29) is 11.7 Å². The molecule has 2 aromatic heterocycles. The first kappa shape index (κ1) is 20.9. The van der Waals surface area contributed by atoms with Crippen LogP contribution in [0.4, 0.5) is 0 Å². The molecule has 0 fully saturated rings. The van der Waals surface area contributed by atoms with Gasteiger partial charge in [0.25, 0.3) is 5.91 Å². The Hall–Kier alpha value is -4.33. The lowest BCUT2D eigenvalue weighted by Crippen LogP contribution is -2.24. The molecular formula is C24H22N4O4. The number of fused-ring (bicyclic) bond motifs is 1. The fraction of sp³-hybridized carbons (Fsp3) is 0.125. The van der Waals surface area contributed by atoms with Gasteiger partial charge in [0.1, 0.15) is 0 Å². The summed E-state index contributed by atoms with van der Waals surface area (Å²) in [5.41, 5.74) is 8.75. The largest absolute Gasteiger partial charge is 0.493 e. The second-order valence-corrected chi connectivity index (χ2v) is 7.16. The van der Waals surface area contributed by atoms with Crippen LogP contribution in [-0.4, -0.2) is 29.8 Å². The van der Waals surface area contributed by atoms with Gasteiger partial charge in [-0.15, -0.1) is 0 Å². The fourth-order valence-corrected chi connectivity index (χ4v) is 3.37. The molecule has 162 valence electrons. The van der Waals surface area contributed by atoms with Crippen molar-refractivity contribution >= 4 is 29.0 Å². The maximum Gasteiger partial charge on any atom is 0.307 e. The molecule has 0 aliphatic carbocycles. The lowest BCUT2D eigenvalue weighted by atomic mass is 10.2. The zero-order valence-corrected chi connectivity index (χ0v) is 17.9. The van der Waals surface area contributed by atoms with Crippen LogP contribution in [0.1, 0.15) is 37.9 Å². The highest BCUT2D eigenvalue weighted by molar-refractivity contribution is 6.00. The summed E-state index contributed by atoms with van der Waals surface area (Å²) < 4.78 is 12.6. The number of amides is 2. The van der Waals surface area contributed by atoms with E-state index in [1.807, 2.05) is 50.2 Å². The van der Waals surface area contributed by atoms with Gasteiger partial charge < -0.3 is 9.15 Å². The number of methoxy groups -OCH3 is 1. The van der Waals surface area contributed by atoms with Crippen molar-refractivity contribution in [3.63, 3.8) is 0 Å². The van der Waals surface area contributed by atoms with E-state index in [1.165, 1.54) is 6.21 Å². The molecule has 2 aromatic carbocycles. The average molecular weight is 430 g/mol. The first-order chi connectivity index (χ1) is 15.5. The smallest absolute Gasteiger partial charge is 0.307 e. The van der Waals surface area contributed by atoms with Gasteiger partial charge >= 0.3 is 5.91 Å². The molecule has 0 saturated carbocycles. The third-order valence-corrected chi connectivity index (χ3v) is 5.04. The molecule has 0 spiro atoms. The highest BCUT2D eigenvalue weighted by atomic mass is 16.5. The molecule has 32 heavy (non-hydrogen) atoms. The lowest BCUT2D eigenvalue weighted by molar-refractivity contribution is 0.0929. The number of ether oxygens (including phenoxy) is 1. The van der Waals surface area contributed by atoms with Crippen LogP contribution in [0.25, 0.3) is 11.0 Å². The van der Waals surface area contributed by atoms with Gasteiger partial charge in [-0.1, -0.05) is 30.3 Å². The van der Waals surface area contributed by atoms with E-state index in [4.69, 9.17) is 9.15 Å². The van der Waals surface area contributed by atoms with E-state index in [1.54, 1.807) is 36.1 Å². The average Bonchev–Trinajstić information content (AvgIpc) is 3.36. The van der Waals surface area contributed by atoms with Crippen LogP contribution < -0.4 is 15.6 Å². The van der Waals surface area contributed by atoms with Gasteiger partial charge in [-0.2, -0.15) is 5.10 Å². The summed E-state index contributed by atoms with van der Waals surface area (Å²) in [6, 6.07) is 17.9. The predicted molar refractivity (Wildman–Crippen MR) is 122 cm³/mol. The number of benzene rings is 2. The van der Waals surface area contributed by atoms with Crippen LogP contribution in [0.3, 0.4) is 0 Å². The minimum Gasteiger partial charge on any atom is -0.493 e. The zero-order chi connectivity index (χ0) is 22.7. The second kappa shape index (κ2) is 8.81. The van der Waals surface area contributed by atoms with Gasteiger partial charge in [-0.05, 0) is 44.2 Å². The van der Waals surface area contributed by atoms with Crippen LogP contribution in [-0.2, 0) is 0 Å². The van der Waals surface area contributed by atoms with E-state index in [9.17, 15) is 9.59 Å². The number of carbonyl (C=O) groups excluding carboxylic acids is 2. The number of carbonyl (C=O) groups is 2. The van der Waals surface area contributed by atoms with Crippen LogP contribution in [0.15, 0.2) is 70.2 Å². The van der Waals surface area contributed by atoms with Gasteiger partial charge in [0.05, 0.1) is 13.3 Å². The standard InChI is InChI=1S/C24H22N4O4/c1-15-12-19(16(2)28(15)27-23(29)17-8-5-4-6-9-17)14-25-26-24(30)21-13-18-10-7-11-20(31-3)22(18)32-21/h4-14H,1-3H3,(H,26,30)(H,27,29)/b25-14-. The predicted octanol–water partition coefficient (Wildman–Crippen LogP) is 4.01. The molecule has 0 atom stereocenters. The Morgan fingerprint density at radius 1 is 1.03 bits per heavy atom. The molecule has 0 aliphatic rings. The highest BCUT2D eigenvalue weighted by Crippen LogP contribution is 2.28. The van der Waals surface area contributed by atoms with E-state index in [0.29, 0.717) is 16.9 Å². The number of aryl methyl sites for hydroxylation is 1. The number of para-hydroxylation sites is 1. The molecule has 0 unspecified atom stereocenters. The zero-order valence-electron chi connectivity index (χ0n) is 17.9. The van der Waals surface area contributed by atoms with Crippen LogP contribution in [0, 0.1) is 13.8 Å². The third-order valence-electron chi connectivity index (χ3n) is 5.04. The van der Waals surface area contributed by atoms with Gasteiger partial charge in [0.2, 0.25) is 0 Å². The number of hydrazone groups is 1. The molecular weight excluding hydrogens is 408 g/mol. The van der Waals surface area contributed by atoms with Crippen molar-refractivity contribution in [2.45, 2.75) is 13.8 Å². The number of rotatable bonds is 6. The first-order valence-electron chi connectivity index (χ1n) is 9.93. The van der Waals surface area contributed by atoms with Crippen molar-refractivity contribution in [3.05, 3.63) is 88.9 Å². The molecule has 2 heterocycles. The molecule has 8 heteroatoms. The number of aromatic nitrogens is 1. The summed E-state index contributed by atoms with van der Waals surface area (Å²) in [5.74, 6) is -0.0208. The minimum absolute atomic E-state index is 0.127. The molecule has 8 nitrogen and oxygen atoms in total. The van der Waals surface area contributed by atoms with E-state index in [2.05, 4.69) is 16.0 Å². The topological polar surface area (TPSA) is 97.9 Å². The number of nitrogens with one attached hydrogen (secondary N) is 2. The number of nitrogens with zero attached hydrogens (tertiary/aromatic N) is 2. The summed E-state index contributed by atoms with van der Waals surface area (Å²) in [4.78, 5) is 24.9. The van der Waals surface area contributed by atoms with Gasteiger partial charge in [0, 0.05) is 27.9 Å². The summed E-state index contributed by atoms with van der Waals surface area (Å²) in [5, 5.41) is 4.80. The van der Waals surface area contributed by atoms with E-state index in [0.717, 1.165) is 22.3 Å². The van der Waals surface area contributed by atoms with Gasteiger partial charge in [-0.3, -0.25) is 19.7 Å². The van der Waals surface area contributed by atoms with Gasteiger partial charge in [-0.25, -0.2) is 5.43 Å². The summed E-state index contributed by atoms with van der Waals surface area (Å²) >= 11 is 0. The van der Waals surface area contributed by atoms with Crippen molar-refractivity contribution in [3.8, 4) is 5.75 Å². The Morgan fingerprint density at radius 3 is 2.56 bits per heavy atom. The summed E-state index contributed by atoms with van der Waals surface area (Å²) in [6.07, 6.45) is 1.52. The Bertz CT molecular complexity index is 1320. The quantitative estimate of drug-likeness (QED) is 0.357. The lowest BCUT2D eigenvalue weighted by Gasteiger charge is -2.11. The first-order valence-corrected chi connectivity index (χ1v) is 9.93.